The highest BCUT2D eigenvalue weighted by Crippen LogP contribution is 2.30. The van der Waals surface area contributed by atoms with Gasteiger partial charge in [-0.3, -0.25) is 4.79 Å². The average Bonchev–Trinajstić information content (AvgIpc) is 0.794. The lowest BCUT2D eigenvalue weighted by atomic mass is 9.97. The van der Waals surface area contributed by atoms with Crippen LogP contribution in [0, 0.1) is 0 Å². The second kappa shape index (κ2) is 64.1. The van der Waals surface area contributed by atoms with E-state index in [9.17, 15) is 45.6 Å². The van der Waals surface area contributed by atoms with Gasteiger partial charge in [0.1, 0.15) is 48.8 Å². The van der Waals surface area contributed by atoms with Crippen LogP contribution >= 0.6 is 0 Å². The third kappa shape index (κ3) is 46.9. The molecular formula is C80H147NO13. The van der Waals surface area contributed by atoms with Crippen LogP contribution < -0.4 is 5.32 Å². The average molecular weight is 1330 g/mol. The van der Waals surface area contributed by atoms with E-state index < -0.39 is 86.8 Å². The van der Waals surface area contributed by atoms with Crippen molar-refractivity contribution in [3.63, 3.8) is 0 Å². The monoisotopic (exact) mass is 1330 g/mol. The highest BCUT2D eigenvalue weighted by molar-refractivity contribution is 5.76. The van der Waals surface area contributed by atoms with Gasteiger partial charge in [-0.1, -0.05) is 344 Å². The topological polar surface area (TPSA) is 228 Å². The molecule has 2 rings (SSSR count). The fraction of sp³-hybridized carbons (Fsp3) is 0.863. The van der Waals surface area contributed by atoms with Crippen LogP contribution in [0.25, 0.3) is 0 Å². The summed E-state index contributed by atoms with van der Waals surface area (Å²) in [6.45, 7) is 2.80. The van der Waals surface area contributed by atoms with Crippen molar-refractivity contribution in [3.05, 3.63) is 60.8 Å². The molecule has 0 aromatic carbocycles. The largest absolute Gasteiger partial charge is 0.394 e. The number of allylic oxidation sites excluding steroid dienone is 10. The first-order chi connectivity index (χ1) is 46.1. The van der Waals surface area contributed by atoms with E-state index in [0.29, 0.717) is 12.8 Å². The number of hydrogen-bond donors (Lipinski definition) is 9. The lowest BCUT2D eigenvalue weighted by Gasteiger charge is -2.46. The maximum atomic E-state index is 13.4. The molecule has 94 heavy (non-hydrogen) atoms. The number of rotatable bonds is 66. The van der Waals surface area contributed by atoms with E-state index in [2.05, 4.69) is 79.9 Å². The zero-order valence-corrected chi connectivity index (χ0v) is 60.2. The summed E-state index contributed by atoms with van der Waals surface area (Å²) in [5.74, 6) is -0.207. The number of carbonyl (C=O) groups excluding carboxylic acids is 1. The number of hydrogen-bond acceptors (Lipinski definition) is 13. The fourth-order valence-corrected chi connectivity index (χ4v) is 13.0. The van der Waals surface area contributed by atoms with Crippen LogP contribution in [0.5, 0.6) is 0 Å². The van der Waals surface area contributed by atoms with Crippen molar-refractivity contribution < 1.29 is 64.6 Å². The molecule has 14 nitrogen and oxygen atoms in total. The summed E-state index contributed by atoms with van der Waals surface area (Å²) in [6.07, 6.45) is 69.7. The van der Waals surface area contributed by atoms with Gasteiger partial charge in [-0.15, -0.1) is 0 Å². The predicted octanol–water partition coefficient (Wildman–Crippen LogP) is 17.6. The molecule has 0 aromatic heterocycles. The number of aliphatic hydroxyl groups excluding tert-OH is 8. The number of carbonyl (C=O) groups is 1. The summed E-state index contributed by atoms with van der Waals surface area (Å²) in [6, 6.07) is -0.836. The number of unbranched alkanes of at least 4 members (excludes halogenated alkanes) is 43. The number of amides is 1. The Morgan fingerprint density at radius 3 is 1.13 bits per heavy atom. The van der Waals surface area contributed by atoms with Gasteiger partial charge in [-0.25, -0.2) is 0 Å². The molecule has 0 aromatic rings. The molecule has 12 atom stereocenters. The molecule has 2 heterocycles. The Bertz CT molecular complexity index is 1810. The van der Waals surface area contributed by atoms with E-state index in [1.165, 1.54) is 231 Å². The molecule has 0 aliphatic carbocycles. The van der Waals surface area contributed by atoms with Gasteiger partial charge in [0.2, 0.25) is 5.91 Å². The van der Waals surface area contributed by atoms with Gasteiger partial charge in [0.15, 0.2) is 12.6 Å². The zero-order chi connectivity index (χ0) is 68.0. The highest BCUT2D eigenvalue weighted by atomic mass is 16.7. The minimum Gasteiger partial charge on any atom is -0.394 e. The molecule has 2 aliphatic heterocycles. The summed E-state index contributed by atoms with van der Waals surface area (Å²) in [4.78, 5) is 13.4. The van der Waals surface area contributed by atoms with Gasteiger partial charge < -0.3 is 65.1 Å². The normalized spacial score (nSPS) is 22.7. The Morgan fingerprint density at radius 2 is 0.734 bits per heavy atom. The Labute approximate surface area is 575 Å². The van der Waals surface area contributed by atoms with Crippen molar-refractivity contribution in [1.29, 1.82) is 0 Å². The van der Waals surface area contributed by atoms with Gasteiger partial charge in [0.25, 0.3) is 0 Å². The minimum absolute atomic E-state index is 0.207. The third-order valence-electron chi connectivity index (χ3n) is 19.2. The van der Waals surface area contributed by atoms with Crippen LogP contribution in [-0.2, 0) is 23.7 Å². The second-order valence-electron chi connectivity index (χ2n) is 27.8. The SMILES string of the molecule is CC/C=C\C/C=C\C/C=C\C/C=C\C/C=C\CCCCCCCCCCCCCC(=O)NC(COC1OC(CO)C(OC2OC(CO)C(O)C(O)C2O)C(O)C1O)C(O)CCCCCCCCCCCCCCCCCCCCCCCCCCCCCCCCCCC. The molecular weight excluding hydrogens is 1180 g/mol. The molecule has 14 heteroatoms. The smallest absolute Gasteiger partial charge is 0.220 e. The Kier molecular flexibility index (Phi) is 59.8. The van der Waals surface area contributed by atoms with Crippen molar-refractivity contribution in [2.45, 2.75) is 421 Å². The van der Waals surface area contributed by atoms with Gasteiger partial charge >= 0.3 is 0 Å². The maximum Gasteiger partial charge on any atom is 0.220 e. The summed E-state index contributed by atoms with van der Waals surface area (Å²) >= 11 is 0. The molecule has 0 radical (unpaired) electrons. The number of ether oxygens (including phenoxy) is 4. The quantitative estimate of drug-likeness (QED) is 0.0204. The molecule has 12 unspecified atom stereocenters. The van der Waals surface area contributed by atoms with E-state index in [-0.39, 0.29) is 12.5 Å². The minimum atomic E-state index is -1.79. The van der Waals surface area contributed by atoms with E-state index >= 15 is 0 Å². The molecule has 0 bridgehead atoms. The van der Waals surface area contributed by atoms with Crippen LogP contribution in [0.3, 0.4) is 0 Å². The first-order valence-electron chi connectivity index (χ1n) is 39.5. The summed E-state index contributed by atoms with van der Waals surface area (Å²) in [7, 11) is 0. The third-order valence-corrected chi connectivity index (χ3v) is 19.2. The van der Waals surface area contributed by atoms with Crippen molar-refractivity contribution in [2.75, 3.05) is 19.8 Å². The lowest BCUT2D eigenvalue weighted by Crippen LogP contribution is -2.65. The standard InChI is InChI=1S/C80H147NO13/c1-3-5-7-9-11-13-15-17-19-21-23-25-27-29-31-32-33-34-35-36-38-39-41-43-45-47-49-51-53-55-57-59-61-63-69(84)68(67-91-79-77(90)75(88)78(71(66-83)93-79)94-80-76(89)74(87)73(86)70(65-82)92-80)81-72(85)64-62-60-58-56-54-52-50-48-46-44-42-40-37-30-28-26-24-22-20-18-16-14-12-10-8-6-4-2/h6,8,12,14,18,20,24,26,30,37,68-71,73-80,82-84,86-90H,3-5,7,9-11,13,15-17,19,21-23,25,27-29,31-36,38-67H2,1-2H3,(H,81,85)/b8-6-,14-12-,20-18-,26-24-,37-30-. The lowest BCUT2D eigenvalue weighted by molar-refractivity contribution is -0.359. The van der Waals surface area contributed by atoms with Crippen LogP contribution in [0.4, 0.5) is 0 Å². The Hall–Kier alpha value is -2.31. The highest BCUT2D eigenvalue weighted by Gasteiger charge is 2.51. The molecule has 2 fully saturated rings. The maximum absolute atomic E-state index is 13.4. The Morgan fingerprint density at radius 1 is 0.394 bits per heavy atom. The molecule has 1 amide bonds. The first kappa shape index (κ1) is 87.8. The van der Waals surface area contributed by atoms with Gasteiger partial charge in [-0.05, 0) is 57.8 Å². The van der Waals surface area contributed by atoms with Crippen LogP contribution in [0.15, 0.2) is 60.8 Å². The van der Waals surface area contributed by atoms with Crippen molar-refractivity contribution in [3.8, 4) is 0 Å². The van der Waals surface area contributed by atoms with Crippen LogP contribution in [0.1, 0.15) is 348 Å². The molecule has 0 saturated carbocycles. The predicted molar refractivity (Wildman–Crippen MR) is 387 cm³/mol. The van der Waals surface area contributed by atoms with Crippen molar-refractivity contribution in [2.24, 2.45) is 0 Å². The zero-order valence-electron chi connectivity index (χ0n) is 60.2. The van der Waals surface area contributed by atoms with E-state index in [1.807, 2.05) is 0 Å². The van der Waals surface area contributed by atoms with Crippen LogP contribution in [-0.4, -0.2) is 140 Å². The molecule has 550 valence electrons. The van der Waals surface area contributed by atoms with E-state index in [4.69, 9.17) is 18.9 Å². The summed E-state index contributed by atoms with van der Waals surface area (Å²) in [5, 5.41) is 87.8. The van der Waals surface area contributed by atoms with Crippen molar-refractivity contribution in [1.82, 2.24) is 5.32 Å². The summed E-state index contributed by atoms with van der Waals surface area (Å²) in [5.41, 5.74) is 0. The van der Waals surface area contributed by atoms with Crippen LogP contribution in [0.2, 0.25) is 0 Å². The number of aliphatic hydroxyl groups is 8. The van der Waals surface area contributed by atoms with Gasteiger partial charge in [0.05, 0.1) is 32.0 Å². The molecule has 2 aliphatic rings. The van der Waals surface area contributed by atoms with Gasteiger partial charge in [0, 0.05) is 6.42 Å². The second-order valence-corrected chi connectivity index (χ2v) is 27.8. The number of nitrogens with one attached hydrogen (secondary N) is 1. The van der Waals surface area contributed by atoms with Gasteiger partial charge in [-0.2, -0.15) is 0 Å². The van der Waals surface area contributed by atoms with Crippen molar-refractivity contribution >= 4 is 5.91 Å². The molecule has 0 spiro atoms. The molecule has 2 saturated heterocycles. The molecule has 9 N–H and O–H groups in total. The van der Waals surface area contributed by atoms with E-state index in [0.717, 1.165) is 89.9 Å². The summed E-state index contributed by atoms with van der Waals surface area (Å²) < 4.78 is 23.0. The Balaban J connectivity index is 1.61. The fourth-order valence-electron chi connectivity index (χ4n) is 13.0. The first-order valence-corrected chi connectivity index (χ1v) is 39.5. The van der Waals surface area contributed by atoms with E-state index in [1.54, 1.807) is 0 Å².